The van der Waals surface area contributed by atoms with Gasteiger partial charge in [-0.15, -0.1) is 0 Å². The molecule has 0 unspecified atom stereocenters. The Kier molecular flexibility index (Phi) is 6.33. The number of anilines is 1. The predicted octanol–water partition coefficient (Wildman–Crippen LogP) is 1.56. The number of halogens is 1. The lowest BCUT2D eigenvalue weighted by Crippen LogP contribution is -2.40. The van der Waals surface area contributed by atoms with E-state index < -0.39 is 40.9 Å². The highest BCUT2D eigenvalue weighted by molar-refractivity contribution is 9.10. The van der Waals surface area contributed by atoms with Crippen molar-refractivity contribution < 1.29 is 28.8 Å². The van der Waals surface area contributed by atoms with E-state index in [0.29, 0.717) is 4.47 Å². The quantitative estimate of drug-likeness (QED) is 0.273. The number of amides is 4. The molecule has 1 aliphatic rings. The number of nitrogens with zero attached hydrogens (tertiary/aromatic N) is 2. The van der Waals surface area contributed by atoms with Gasteiger partial charge in [0.1, 0.15) is 5.54 Å². The minimum Gasteiger partial charge on any atom is -0.456 e. The van der Waals surface area contributed by atoms with Crippen LogP contribution in [0.15, 0.2) is 22.7 Å². The minimum absolute atomic E-state index is 0.153. The number of carbonyl (C=O) groups is 4. The number of nitro benzene ring substituents is 1. The first-order valence-electron chi connectivity index (χ1n) is 8.05. The zero-order valence-electron chi connectivity index (χ0n) is 15.0. The number of hydrogen-bond acceptors (Lipinski definition) is 7. The monoisotopic (exact) mass is 456 g/mol. The molecule has 1 fully saturated rings. The Labute approximate surface area is 167 Å². The number of ether oxygens (including phenoxy) is 1. The number of carbonyl (C=O) groups excluding carboxylic acids is 4. The van der Waals surface area contributed by atoms with Gasteiger partial charge in [0.05, 0.1) is 17.0 Å². The molecule has 0 radical (unpaired) electrons. The summed E-state index contributed by atoms with van der Waals surface area (Å²) >= 11 is 3.10. The third-order valence-corrected chi connectivity index (χ3v) is 4.44. The summed E-state index contributed by atoms with van der Waals surface area (Å²) < 4.78 is 5.11. The molecule has 11 nitrogen and oxygen atoms in total. The van der Waals surface area contributed by atoms with Crippen molar-refractivity contribution in [2.75, 3.05) is 18.5 Å². The summed E-state index contributed by atoms with van der Waals surface area (Å²) in [6, 6.07) is 3.18. The maximum Gasteiger partial charge on any atom is 0.325 e. The molecule has 2 N–H and O–H groups in total. The van der Waals surface area contributed by atoms with Gasteiger partial charge in [-0.25, -0.2) is 4.79 Å². The first-order chi connectivity index (χ1) is 13.0. The number of esters is 1. The molecule has 0 aromatic heterocycles. The molecule has 1 heterocycles. The van der Waals surface area contributed by atoms with Crippen molar-refractivity contribution in [1.82, 2.24) is 10.2 Å². The van der Waals surface area contributed by atoms with E-state index in [1.807, 2.05) is 0 Å². The molecule has 0 spiro atoms. The van der Waals surface area contributed by atoms with Crippen LogP contribution in [-0.2, 0) is 19.1 Å². The molecule has 0 atom stereocenters. The van der Waals surface area contributed by atoms with Crippen LogP contribution in [-0.4, -0.2) is 52.3 Å². The molecule has 1 aromatic carbocycles. The second-order valence-electron chi connectivity index (χ2n) is 6.39. The molecule has 1 aromatic rings. The first-order valence-corrected chi connectivity index (χ1v) is 8.84. The maximum atomic E-state index is 12.0. The van der Waals surface area contributed by atoms with Crippen molar-refractivity contribution in [3.8, 4) is 0 Å². The van der Waals surface area contributed by atoms with Crippen molar-refractivity contribution in [3.63, 3.8) is 0 Å². The molecular formula is C16H17BrN4O7. The normalized spacial score (nSPS) is 15.2. The lowest BCUT2D eigenvalue weighted by atomic mass is 10.1. The fraction of sp³-hybridized carbons (Fsp3) is 0.375. The van der Waals surface area contributed by atoms with Gasteiger partial charge in [-0.05, 0) is 35.8 Å². The first kappa shape index (κ1) is 21.3. The number of hydrogen-bond donors (Lipinski definition) is 2. The molecular weight excluding hydrogens is 440 g/mol. The second-order valence-corrected chi connectivity index (χ2v) is 7.25. The van der Waals surface area contributed by atoms with Gasteiger partial charge in [-0.2, -0.15) is 0 Å². The standard InChI is InChI=1S/C16H17BrN4O7/c1-16(2)14(24)20(15(25)19-16)6-5-13(23)28-8-12(22)18-11-4-3-9(21(26)27)7-10(11)17/h3-4,7H,5-6,8H2,1-2H3,(H,18,22)(H,19,25). The van der Waals surface area contributed by atoms with Crippen LogP contribution in [0.1, 0.15) is 20.3 Å². The largest absolute Gasteiger partial charge is 0.456 e. The molecule has 28 heavy (non-hydrogen) atoms. The van der Waals surface area contributed by atoms with E-state index in [1.165, 1.54) is 18.2 Å². The number of benzene rings is 1. The maximum absolute atomic E-state index is 12.0. The van der Waals surface area contributed by atoms with Gasteiger partial charge < -0.3 is 15.4 Å². The fourth-order valence-corrected chi connectivity index (χ4v) is 2.81. The van der Waals surface area contributed by atoms with Gasteiger partial charge in [0.15, 0.2) is 6.61 Å². The molecule has 2 rings (SSSR count). The minimum atomic E-state index is -1.03. The summed E-state index contributed by atoms with van der Waals surface area (Å²) in [5.41, 5.74) is -0.910. The predicted molar refractivity (Wildman–Crippen MR) is 99.3 cm³/mol. The number of nitrogens with one attached hydrogen (secondary N) is 2. The van der Waals surface area contributed by atoms with Crippen LogP contribution in [0.5, 0.6) is 0 Å². The summed E-state index contributed by atoms with van der Waals surface area (Å²) in [6.45, 7) is 2.34. The number of nitro groups is 1. The highest BCUT2D eigenvalue weighted by atomic mass is 79.9. The lowest BCUT2D eigenvalue weighted by molar-refractivity contribution is -0.384. The van der Waals surface area contributed by atoms with E-state index in [0.717, 1.165) is 4.90 Å². The van der Waals surface area contributed by atoms with Crippen LogP contribution in [0.3, 0.4) is 0 Å². The number of urea groups is 1. The SMILES string of the molecule is CC1(C)NC(=O)N(CCC(=O)OCC(=O)Nc2ccc([N+](=O)[O-])cc2Br)C1=O. The molecule has 150 valence electrons. The average molecular weight is 457 g/mol. The second kappa shape index (κ2) is 8.33. The van der Waals surface area contributed by atoms with Crippen LogP contribution >= 0.6 is 15.9 Å². The van der Waals surface area contributed by atoms with Crippen LogP contribution in [0.4, 0.5) is 16.2 Å². The third-order valence-electron chi connectivity index (χ3n) is 3.79. The van der Waals surface area contributed by atoms with Crippen LogP contribution in [0.2, 0.25) is 0 Å². The summed E-state index contributed by atoms with van der Waals surface area (Å²) in [5.74, 6) is -1.87. The van der Waals surface area contributed by atoms with E-state index in [-0.39, 0.29) is 24.3 Å². The van der Waals surface area contributed by atoms with Crippen molar-refractivity contribution in [2.45, 2.75) is 25.8 Å². The third kappa shape index (κ3) is 5.03. The number of rotatable bonds is 7. The average Bonchev–Trinajstić information content (AvgIpc) is 2.80. The lowest BCUT2D eigenvalue weighted by Gasteiger charge is -2.15. The molecule has 1 saturated heterocycles. The van der Waals surface area contributed by atoms with Gasteiger partial charge in [-0.3, -0.25) is 29.4 Å². The summed E-state index contributed by atoms with van der Waals surface area (Å²) in [6.07, 6.45) is -0.260. The van der Waals surface area contributed by atoms with Crippen LogP contribution in [0.25, 0.3) is 0 Å². The van der Waals surface area contributed by atoms with Gasteiger partial charge in [0.2, 0.25) is 0 Å². The van der Waals surface area contributed by atoms with E-state index in [1.54, 1.807) is 13.8 Å². The Morgan fingerprint density at radius 1 is 1.36 bits per heavy atom. The Balaban J connectivity index is 1.80. The molecule has 0 saturated carbocycles. The van der Waals surface area contributed by atoms with Crippen molar-refractivity contribution >= 4 is 51.1 Å². The van der Waals surface area contributed by atoms with Crippen molar-refractivity contribution in [3.05, 3.63) is 32.8 Å². The van der Waals surface area contributed by atoms with E-state index in [2.05, 4.69) is 26.6 Å². The molecule has 0 bridgehead atoms. The van der Waals surface area contributed by atoms with Crippen molar-refractivity contribution in [2.24, 2.45) is 0 Å². The highest BCUT2D eigenvalue weighted by Crippen LogP contribution is 2.27. The Hall–Kier alpha value is -3.02. The summed E-state index contributed by atoms with van der Waals surface area (Å²) in [7, 11) is 0. The van der Waals surface area contributed by atoms with Crippen LogP contribution < -0.4 is 10.6 Å². The van der Waals surface area contributed by atoms with Gasteiger partial charge in [0.25, 0.3) is 17.5 Å². The fourth-order valence-electron chi connectivity index (χ4n) is 2.35. The van der Waals surface area contributed by atoms with E-state index >= 15 is 0 Å². The zero-order chi connectivity index (χ0) is 21.1. The summed E-state index contributed by atoms with van der Waals surface area (Å²) in [5, 5.41) is 15.6. The number of imide groups is 1. The Morgan fingerprint density at radius 3 is 2.57 bits per heavy atom. The van der Waals surface area contributed by atoms with E-state index in [4.69, 9.17) is 4.74 Å². The Morgan fingerprint density at radius 2 is 2.04 bits per heavy atom. The van der Waals surface area contributed by atoms with Gasteiger partial charge in [0, 0.05) is 23.2 Å². The topological polar surface area (TPSA) is 148 Å². The smallest absolute Gasteiger partial charge is 0.325 e. The zero-order valence-corrected chi connectivity index (χ0v) is 16.6. The van der Waals surface area contributed by atoms with Crippen LogP contribution in [0, 0.1) is 10.1 Å². The molecule has 12 heteroatoms. The molecule has 4 amide bonds. The van der Waals surface area contributed by atoms with E-state index in [9.17, 15) is 29.3 Å². The number of non-ortho nitro benzene ring substituents is 1. The van der Waals surface area contributed by atoms with Gasteiger partial charge in [-0.1, -0.05) is 0 Å². The Bertz CT molecular complexity index is 855. The van der Waals surface area contributed by atoms with Gasteiger partial charge >= 0.3 is 12.0 Å². The molecule has 1 aliphatic heterocycles. The van der Waals surface area contributed by atoms with Crippen molar-refractivity contribution in [1.29, 1.82) is 0 Å². The summed E-state index contributed by atoms with van der Waals surface area (Å²) in [4.78, 5) is 58.4. The highest BCUT2D eigenvalue weighted by Gasteiger charge is 2.44. The molecule has 0 aliphatic carbocycles.